The third kappa shape index (κ3) is 5.20. The summed E-state index contributed by atoms with van der Waals surface area (Å²) >= 11 is 0. The minimum Gasteiger partial charge on any atom is -0.492 e. The van der Waals surface area contributed by atoms with Crippen LogP contribution < -0.4 is 4.74 Å². The highest BCUT2D eigenvalue weighted by molar-refractivity contribution is 5.20. The van der Waals surface area contributed by atoms with Gasteiger partial charge in [0, 0.05) is 45.3 Å². The Kier molecular flexibility index (Phi) is 6.31. The predicted molar refractivity (Wildman–Crippen MR) is 95.1 cm³/mol. The molecule has 1 atom stereocenters. The molecule has 0 unspecified atom stereocenters. The number of para-hydroxylation sites is 1. The third-order valence-electron chi connectivity index (χ3n) is 5.27. The van der Waals surface area contributed by atoms with E-state index < -0.39 is 0 Å². The molecule has 128 valence electrons. The number of nitrogens with zero attached hydrogens (tertiary/aromatic N) is 3. The van der Waals surface area contributed by atoms with Crippen LogP contribution in [0.4, 0.5) is 0 Å². The fourth-order valence-corrected chi connectivity index (χ4v) is 3.68. The van der Waals surface area contributed by atoms with Crippen molar-refractivity contribution in [2.24, 2.45) is 0 Å². The average molecular weight is 317 g/mol. The van der Waals surface area contributed by atoms with Gasteiger partial charge in [-0.15, -0.1) is 0 Å². The van der Waals surface area contributed by atoms with Crippen LogP contribution in [0.5, 0.6) is 5.75 Å². The molecule has 23 heavy (non-hydrogen) atoms. The first-order valence-corrected chi connectivity index (χ1v) is 9.14. The predicted octanol–water partition coefficient (Wildman–Crippen LogP) is 2.17. The Hall–Kier alpha value is -1.10. The van der Waals surface area contributed by atoms with Crippen molar-refractivity contribution in [2.45, 2.75) is 25.3 Å². The highest BCUT2D eigenvalue weighted by Gasteiger charge is 2.24. The molecule has 0 saturated carbocycles. The second-order valence-corrected chi connectivity index (χ2v) is 6.93. The van der Waals surface area contributed by atoms with E-state index in [2.05, 4.69) is 21.7 Å². The molecule has 2 aliphatic heterocycles. The summed E-state index contributed by atoms with van der Waals surface area (Å²) in [5.74, 6) is 0.978. The van der Waals surface area contributed by atoms with Crippen LogP contribution in [0.2, 0.25) is 0 Å². The van der Waals surface area contributed by atoms with Crippen molar-refractivity contribution in [3.8, 4) is 5.75 Å². The Balaban J connectivity index is 1.32. The van der Waals surface area contributed by atoms with E-state index in [4.69, 9.17) is 4.74 Å². The van der Waals surface area contributed by atoms with Crippen molar-refractivity contribution in [3.05, 3.63) is 30.3 Å². The monoisotopic (exact) mass is 317 g/mol. The highest BCUT2D eigenvalue weighted by atomic mass is 16.5. The summed E-state index contributed by atoms with van der Waals surface area (Å²) in [5, 5.41) is 0. The molecule has 2 fully saturated rings. The molecular weight excluding hydrogens is 286 g/mol. The van der Waals surface area contributed by atoms with E-state index >= 15 is 0 Å². The number of likely N-dealkylation sites (N-methyl/N-ethyl adjacent to an activating group) is 1. The van der Waals surface area contributed by atoms with Gasteiger partial charge >= 0.3 is 0 Å². The fourth-order valence-electron chi connectivity index (χ4n) is 3.68. The van der Waals surface area contributed by atoms with Gasteiger partial charge in [-0.1, -0.05) is 24.6 Å². The van der Waals surface area contributed by atoms with E-state index in [1.54, 1.807) is 0 Å². The standard InChI is InChI=1S/C19H31N3O/c1-20-10-6-5-7-18(20)17-22-13-11-21(12-14-22)15-16-23-19-8-3-2-4-9-19/h2-4,8-9,18H,5-7,10-17H2,1H3/t18-/m1/s1. The first kappa shape index (κ1) is 16.7. The van der Waals surface area contributed by atoms with E-state index in [1.807, 2.05) is 30.3 Å². The van der Waals surface area contributed by atoms with Gasteiger partial charge in [0.2, 0.25) is 0 Å². The number of piperazine rings is 1. The summed E-state index contributed by atoms with van der Waals surface area (Å²) in [5.41, 5.74) is 0. The van der Waals surface area contributed by atoms with Gasteiger partial charge < -0.3 is 9.64 Å². The molecule has 2 aliphatic rings. The zero-order valence-electron chi connectivity index (χ0n) is 14.5. The van der Waals surface area contributed by atoms with Crippen LogP contribution in [0.25, 0.3) is 0 Å². The molecule has 0 amide bonds. The number of hydrogen-bond acceptors (Lipinski definition) is 4. The van der Waals surface area contributed by atoms with Crippen molar-refractivity contribution in [1.82, 2.24) is 14.7 Å². The van der Waals surface area contributed by atoms with Crippen molar-refractivity contribution in [3.63, 3.8) is 0 Å². The third-order valence-corrected chi connectivity index (χ3v) is 5.27. The second kappa shape index (κ2) is 8.67. The fraction of sp³-hybridized carbons (Fsp3) is 0.684. The van der Waals surface area contributed by atoms with Gasteiger partial charge in [-0.3, -0.25) is 9.80 Å². The van der Waals surface area contributed by atoms with Crippen LogP contribution in [0.15, 0.2) is 30.3 Å². The smallest absolute Gasteiger partial charge is 0.119 e. The van der Waals surface area contributed by atoms with Crippen LogP contribution in [0.1, 0.15) is 19.3 Å². The molecule has 2 saturated heterocycles. The summed E-state index contributed by atoms with van der Waals surface area (Å²) in [4.78, 5) is 7.74. The lowest BCUT2D eigenvalue weighted by Gasteiger charge is -2.40. The maximum atomic E-state index is 5.81. The molecule has 0 bridgehead atoms. The van der Waals surface area contributed by atoms with Crippen molar-refractivity contribution in [2.75, 3.05) is 59.5 Å². The molecule has 1 aromatic carbocycles. The Morgan fingerprint density at radius 2 is 1.70 bits per heavy atom. The van der Waals surface area contributed by atoms with Crippen molar-refractivity contribution < 1.29 is 4.74 Å². The average Bonchev–Trinajstić information content (AvgIpc) is 2.59. The van der Waals surface area contributed by atoms with Crippen LogP contribution in [0.3, 0.4) is 0 Å². The molecule has 4 nitrogen and oxygen atoms in total. The Labute approximate surface area is 141 Å². The van der Waals surface area contributed by atoms with Gasteiger partial charge in [-0.25, -0.2) is 0 Å². The second-order valence-electron chi connectivity index (χ2n) is 6.93. The van der Waals surface area contributed by atoms with E-state index in [1.165, 1.54) is 58.5 Å². The number of ether oxygens (including phenoxy) is 1. The number of benzene rings is 1. The van der Waals surface area contributed by atoms with E-state index in [9.17, 15) is 0 Å². The summed E-state index contributed by atoms with van der Waals surface area (Å²) in [6.07, 6.45) is 4.16. The van der Waals surface area contributed by atoms with Gasteiger partial charge in [0.1, 0.15) is 12.4 Å². The molecule has 3 rings (SSSR count). The number of likely N-dealkylation sites (tertiary alicyclic amines) is 1. The van der Waals surface area contributed by atoms with Crippen LogP contribution in [0, 0.1) is 0 Å². The van der Waals surface area contributed by atoms with Gasteiger partial charge in [0.05, 0.1) is 0 Å². The number of piperidine rings is 1. The van der Waals surface area contributed by atoms with E-state index in [0.29, 0.717) is 0 Å². The zero-order chi connectivity index (χ0) is 15.9. The summed E-state index contributed by atoms with van der Waals surface area (Å²) < 4.78 is 5.81. The summed E-state index contributed by atoms with van der Waals surface area (Å²) in [6.45, 7) is 9.11. The lowest BCUT2D eigenvalue weighted by molar-refractivity contribution is 0.0785. The minimum atomic E-state index is 0.775. The number of hydrogen-bond donors (Lipinski definition) is 0. The molecule has 0 N–H and O–H groups in total. The van der Waals surface area contributed by atoms with Crippen LogP contribution >= 0.6 is 0 Å². The molecule has 0 aromatic heterocycles. The molecule has 2 heterocycles. The normalized spacial score (nSPS) is 24.7. The molecule has 4 heteroatoms. The molecule has 0 radical (unpaired) electrons. The first-order chi connectivity index (χ1) is 11.3. The lowest BCUT2D eigenvalue weighted by Crippen LogP contribution is -2.52. The van der Waals surface area contributed by atoms with Gasteiger partial charge in [-0.2, -0.15) is 0 Å². The number of rotatable bonds is 6. The van der Waals surface area contributed by atoms with Gasteiger partial charge in [-0.05, 0) is 38.6 Å². The Bertz CT molecular complexity index is 445. The van der Waals surface area contributed by atoms with E-state index in [-0.39, 0.29) is 0 Å². The van der Waals surface area contributed by atoms with Crippen LogP contribution in [-0.4, -0.2) is 80.2 Å². The largest absolute Gasteiger partial charge is 0.492 e. The highest BCUT2D eigenvalue weighted by Crippen LogP contribution is 2.17. The van der Waals surface area contributed by atoms with Crippen LogP contribution in [-0.2, 0) is 0 Å². The van der Waals surface area contributed by atoms with E-state index in [0.717, 1.165) is 24.9 Å². The molecular formula is C19H31N3O. The first-order valence-electron chi connectivity index (χ1n) is 9.14. The zero-order valence-corrected chi connectivity index (χ0v) is 14.5. The SMILES string of the molecule is CN1CCCC[C@@H]1CN1CCN(CCOc2ccccc2)CC1. The lowest BCUT2D eigenvalue weighted by atomic mass is 10.0. The maximum Gasteiger partial charge on any atom is 0.119 e. The minimum absolute atomic E-state index is 0.775. The van der Waals surface area contributed by atoms with Gasteiger partial charge in [0.25, 0.3) is 0 Å². The maximum absolute atomic E-state index is 5.81. The Morgan fingerprint density at radius 1 is 0.957 bits per heavy atom. The summed E-state index contributed by atoms with van der Waals surface area (Å²) in [6, 6.07) is 10.9. The summed E-state index contributed by atoms with van der Waals surface area (Å²) in [7, 11) is 2.29. The quantitative estimate of drug-likeness (QED) is 0.800. The van der Waals surface area contributed by atoms with Crippen molar-refractivity contribution >= 4 is 0 Å². The molecule has 1 aromatic rings. The van der Waals surface area contributed by atoms with Gasteiger partial charge in [0.15, 0.2) is 0 Å². The molecule has 0 spiro atoms. The Morgan fingerprint density at radius 3 is 2.43 bits per heavy atom. The van der Waals surface area contributed by atoms with Crippen molar-refractivity contribution in [1.29, 1.82) is 0 Å². The molecule has 0 aliphatic carbocycles. The topological polar surface area (TPSA) is 19.0 Å².